The second kappa shape index (κ2) is 7.29. The number of urea groups is 1. The first-order valence-corrected chi connectivity index (χ1v) is 8.12. The molecule has 1 unspecified atom stereocenters. The van der Waals surface area contributed by atoms with Gasteiger partial charge in [-0.2, -0.15) is 5.10 Å². The summed E-state index contributed by atoms with van der Waals surface area (Å²) in [5.41, 5.74) is 0.619. The first-order valence-electron chi connectivity index (χ1n) is 8.12. The minimum atomic E-state index is -0.336. The lowest BCUT2D eigenvalue weighted by Crippen LogP contribution is -2.38. The van der Waals surface area contributed by atoms with E-state index in [0.29, 0.717) is 37.0 Å². The minimum Gasteiger partial charge on any atom is -0.486 e. The van der Waals surface area contributed by atoms with E-state index < -0.39 is 0 Å². The van der Waals surface area contributed by atoms with Crippen molar-refractivity contribution in [3.05, 3.63) is 40.1 Å². The highest BCUT2D eigenvalue weighted by Crippen LogP contribution is 2.33. The number of carbonyl (C=O) groups is 1. The third kappa shape index (κ3) is 3.76. The maximum Gasteiger partial charge on any atom is 0.343 e. The lowest BCUT2D eigenvalue weighted by molar-refractivity contribution is 0.171. The molecule has 1 atom stereocenters. The highest BCUT2D eigenvalue weighted by atomic mass is 16.6. The first kappa shape index (κ1) is 16.9. The number of rotatable bonds is 5. The molecule has 25 heavy (non-hydrogen) atoms. The maximum absolute atomic E-state index is 12.2. The fourth-order valence-corrected chi connectivity index (χ4v) is 2.60. The molecule has 0 fully saturated rings. The molecule has 3 rings (SSSR count). The summed E-state index contributed by atoms with van der Waals surface area (Å²) < 4.78 is 12.4. The Bertz CT molecular complexity index is 813. The number of hydrogen-bond acceptors (Lipinski definition) is 5. The van der Waals surface area contributed by atoms with Crippen LogP contribution in [0.3, 0.4) is 0 Å². The number of hydrogen-bond donors (Lipinski definition) is 3. The summed E-state index contributed by atoms with van der Waals surface area (Å²) in [5, 5.41) is 11.8. The van der Waals surface area contributed by atoms with Gasteiger partial charge >= 0.3 is 11.7 Å². The molecule has 1 aliphatic heterocycles. The van der Waals surface area contributed by atoms with Crippen LogP contribution in [-0.2, 0) is 13.6 Å². The van der Waals surface area contributed by atoms with Gasteiger partial charge in [0.05, 0.1) is 12.6 Å². The number of aromatic amines is 1. The summed E-state index contributed by atoms with van der Waals surface area (Å²) in [6.07, 6.45) is 0.716. The highest BCUT2D eigenvalue weighted by Gasteiger charge is 2.18. The largest absolute Gasteiger partial charge is 0.486 e. The van der Waals surface area contributed by atoms with Gasteiger partial charge in [-0.25, -0.2) is 14.7 Å². The van der Waals surface area contributed by atoms with E-state index >= 15 is 0 Å². The quantitative estimate of drug-likeness (QED) is 0.742. The number of aromatic nitrogens is 3. The van der Waals surface area contributed by atoms with E-state index in [2.05, 4.69) is 20.8 Å². The molecule has 0 bridgehead atoms. The Labute approximate surface area is 144 Å². The third-order valence-electron chi connectivity index (χ3n) is 4.06. The van der Waals surface area contributed by atoms with Crippen LogP contribution in [0.25, 0.3) is 0 Å². The van der Waals surface area contributed by atoms with Crippen molar-refractivity contribution in [1.82, 2.24) is 25.4 Å². The number of fused-ring (bicyclic) bond motifs is 1. The van der Waals surface area contributed by atoms with E-state index in [9.17, 15) is 9.59 Å². The standard InChI is InChI=1S/C16H21N5O4/c1-3-11(10-4-5-12-13(8-10)25-7-6-24-12)18-15(22)17-9-14-19-20-16(23)21(14)2/h4-5,8,11H,3,6-7,9H2,1-2H3,(H,20,23)(H2,17,18,22). The van der Waals surface area contributed by atoms with E-state index in [-0.39, 0.29) is 24.3 Å². The van der Waals surface area contributed by atoms with Crippen molar-refractivity contribution < 1.29 is 14.3 Å². The van der Waals surface area contributed by atoms with E-state index in [0.717, 1.165) is 5.56 Å². The zero-order valence-corrected chi connectivity index (χ0v) is 14.2. The third-order valence-corrected chi connectivity index (χ3v) is 4.06. The van der Waals surface area contributed by atoms with Gasteiger partial charge in [0.15, 0.2) is 17.3 Å². The molecule has 9 nitrogen and oxygen atoms in total. The monoisotopic (exact) mass is 347 g/mol. The molecule has 1 aliphatic rings. The zero-order chi connectivity index (χ0) is 17.8. The van der Waals surface area contributed by atoms with Crippen molar-refractivity contribution in [2.24, 2.45) is 7.05 Å². The highest BCUT2D eigenvalue weighted by molar-refractivity contribution is 5.74. The van der Waals surface area contributed by atoms with Gasteiger partial charge in [0.1, 0.15) is 13.2 Å². The molecule has 134 valence electrons. The van der Waals surface area contributed by atoms with Crippen LogP contribution in [0.5, 0.6) is 11.5 Å². The lowest BCUT2D eigenvalue weighted by Gasteiger charge is -2.22. The molecule has 1 aromatic heterocycles. The average Bonchev–Trinajstić information content (AvgIpc) is 2.96. The fraction of sp³-hybridized carbons (Fsp3) is 0.438. The first-order chi connectivity index (χ1) is 12.1. The summed E-state index contributed by atoms with van der Waals surface area (Å²) in [6, 6.07) is 5.15. The second-order valence-corrected chi connectivity index (χ2v) is 5.69. The van der Waals surface area contributed by atoms with Crippen LogP contribution in [0.2, 0.25) is 0 Å². The smallest absolute Gasteiger partial charge is 0.343 e. The van der Waals surface area contributed by atoms with Crippen LogP contribution in [0.15, 0.2) is 23.0 Å². The molecule has 9 heteroatoms. The van der Waals surface area contributed by atoms with E-state index in [1.165, 1.54) is 4.57 Å². The van der Waals surface area contributed by atoms with Gasteiger partial charge in [-0.3, -0.25) is 4.57 Å². The molecule has 2 aromatic rings. The van der Waals surface area contributed by atoms with Gasteiger partial charge in [0.25, 0.3) is 0 Å². The molecule has 0 spiro atoms. The number of ether oxygens (including phenoxy) is 2. The fourth-order valence-electron chi connectivity index (χ4n) is 2.60. The van der Waals surface area contributed by atoms with Gasteiger partial charge in [-0.15, -0.1) is 0 Å². The Morgan fingerprint density at radius 1 is 1.36 bits per heavy atom. The zero-order valence-electron chi connectivity index (χ0n) is 14.2. The Morgan fingerprint density at radius 2 is 2.12 bits per heavy atom. The summed E-state index contributed by atoms with van der Waals surface area (Å²) in [4.78, 5) is 23.5. The number of nitrogens with one attached hydrogen (secondary N) is 3. The van der Waals surface area contributed by atoms with Crippen LogP contribution >= 0.6 is 0 Å². The molecule has 2 heterocycles. The Balaban J connectivity index is 1.62. The van der Waals surface area contributed by atoms with Crippen LogP contribution in [0.1, 0.15) is 30.8 Å². The number of carbonyl (C=O) groups excluding carboxylic acids is 1. The minimum absolute atomic E-state index is 0.151. The molecule has 1 aromatic carbocycles. The van der Waals surface area contributed by atoms with E-state index in [1.807, 2.05) is 25.1 Å². The lowest BCUT2D eigenvalue weighted by atomic mass is 10.0. The second-order valence-electron chi connectivity index (χ2n) is 5.69. The predicted molar refractivity (Wildman–Crippen MR) is 89.7 cm³/mol. The normalized spacial score (nSPS) is 14.0. The summed E-state index contributed by atoms with van der Waals surface area (Å²) in [6.45, 7) is 3.20. The molecule has 0 aliphatic carbocycles. The molecule has 0 saturated carbocycles. The van der Waals surface area contributed by atoms with E-state index in [1.54, 1.807) is 7.05 Å². The van der Waals surface area contributed by atoms with Gasteiger partial charge in [0, 0.05) is 7.05 Å². The molecule has 3 N–H and O–H groups in total. The molecule has 2 amide bonds. The molecular formula is C16H21N5O4. The van der Waals surface area contributed by atoms with Crippen molar-refractivity contribution in [2.75, 3.05) is 13.2 Å². The maximum atomic E-state index is 12.2. The summed E-state index contributed by atoms with van der Waals surface area (Å²) >= 11 is 0. The SMILES string of the molecule is CCC(NC(=O)NCc1n[nH]c(=O)n1C)c1ccc2c(c1)OCCO2. The average molecular weight is 347 g/mol. The number of amides is 2. The van der Waals surface area contributed by atoms with Crippen molar-refractivity contribution in [3.63, 3.8) is 0 Å². The van der Waals surface area contributed by atoms with Crippen LogP contribution < -0.4 is 25.8 Å². The molecule has 0 radical (unpaired) electrons. The van der Waals surface area contributed by atoms with Gasteiger partial charge < -0.3 is 20.1 Å². The van der Waals surface area contributed by atoms with Crippen molar-refractivity contribution in [2.45, 2.75) is 25.9 Å². The summed E-state index contributed by atoms with van der Waals surface area (Å²) in [7, 11) is 1.59. The number of nitrogens with zero attached hydrogens (tertiary/aromatic N) is 2. The number of H-pyrrole nitrogens is 1. The molecular weight excluding hydrogens is 326 g/mol. The Hall–Kier alpha value is -2.97. The van der Waals surface area contributed by atoms with Crippen molar-refractivity contribution in [1.29, 1.82) is 0 Å². The van der Waals surface area contributed by atoms with Gasteiger partial charge in [-0.05, 0) is 24.1 Å². The van der Waals surface area contributed by atoms with Gasteiger partial charge in [-0.1, -0.05) is 13.0 Å². The topological polar surface area (TPSA) is 110 Å². The van der Waals surface area contributed by atoms with Crippen LogP contribution in [0, 0.1) is 0 Å². The Kier molecular flexibility index (Phi) is 4.92. The molecule has 0 saturated heterocycles. The van der Waals surface area contributed by atoms with Crippen molar-refractivity contribution >= 4 is 6.03 Å². The predicted octanol–water partition coefficient (Wildman–Crippen LogP) is 0.830. The van der Waals surface area contributed by atoms with E-state index in [4.69, 9.17) is 9.47 Å². The van der Waals surface area contributed by atoms with Gasteiger partial charge in [0.2, 0.25) is 0 Å². The van der Waals surface area contributed by atoms with Crippen molar-refractivity contribution in [3.8, 4) is 11.5 Å². The number of benzene rings is 1. The Morgan fingerprint density at radius 3 is 2.80 bits per heavy atom. The summed E-state index contributed by atoms with van der Waals surface area (Å²) in [5.74, 6) is 1.86. The van der Waals surface area contributed by atoms with Crippen LogP contribution in [-0.4, -0.2) is 34.0 Å². The van der Waals surface area contributed by atoms with Crippen LogP contribution in [0.4, 0.5) is 4.79 Å².